The van der Waals surface area contributed by atoms with Crippen molar-refractivity contribution in [2.24, 2.45) is 5.92 Å². The number of carbonyl (C=O) groups excluding carboxylic acids is 2. The monoisotopic (exact) mass is 375 g/mol. The van der Waals surface area contributed by atoms with Crippen LogP contribution >= 0.6 is 0 Å². The predicted octanol–water partition coefficient (Wildman–Crippen LogP) is 3.27. The SMILES string of the molecule is CCC(C)NC(=O)c1cn(C2CCCC2)cc(C(=O)NCCC(C)C)c1=O. The lowest BCUT2D eigenvalue weighted by atomic mass is 10.1. The van der Waals surface area contributed by atoms with Crippen molar-refractivity contribution >= 4 is 11.8 Å². The minimum absolute atomic E-state index is 0.0274. The molecular formula is C21H33N3O3. The highest BCUT2D eigenvalue weighted by Gasteiger charge is 2.23. The third kappa shape index (κ3) is 5.68. The zero-order valence-electron chi connectivity index (χ0n) is 17.0. The van der Waals surface area contributed by atoms with Gasteiger partial charge in [0.2, 0.25) is 5.43 Å². The number of aromatic nitrogens is 1. The third-order valence-electron chi connectivity index (χ3n) is 5.28. The molecule has 6 nitrogen and oxygen atoms in total. The summed E-state index contributed by atoms with van der Waals surface area (Å²) in [7, 11) is 0. The van der Waals surface area contributed by atoms with Gasteiger partial charge < -0.3 is 15.2 Å². The number of carbonyl (C=O) groups is 2. The number of hydrogen-bond donors (Lipinski definition) is 2. The average Bonchev–Trinajstić information content (AvgIpc) is 3.15. The van der Waals surface area contributed by atoms with Crippen molar-refractivity contribution in [3.8, 4) is 0 Å². The zero-order chi connectivity index (χ0) is 20.0. The van der Waals surface area contributed by atoms with Gasteiger partial charge in [0.25, 0.3) is 11.8 Å². The van der Waals surface area contributed by atoms with Crippen LogP contribution in [0.3, 0.4) is 0 Å². The highest BCUT2D eigenvalue weighted by Crippen LogP contribution is 2.29. The first-order valence-corrected chi connectivity index (χ1v) is 10.2. The number of nitrogens with one attached hydrogen (secondary N) is 2. The Morgan fingerprint density at radius 2 is 1.70 bits per heavy atom. The molecule has 1 aromatic rings. The lowest BCUT2D eigenvalue weighted by Crippen LogP contribution is -2.38. The second-order valence-electron chi connectivity index (χ2n) is 8.02. The van der Waals surface area contributed by atoms with Gasteiger partial charge in [-0.25, -0.2) is 0 Å². The predicted molar refractivity (Wildman–Crippen MR) is 107 cm³/mol. The van der Waals surface area contributed by atoms with Crippen LogP contribution in [-0.2, 0) is 0 Å². The molecule has 0 saturated heterocycles. The van der Waals surface area contributed by atoms with Gasteiger partial charge in [-0.15, -0.1) is 0 Å². The summed E-state index contributed by atoms with van der Waals surface area (Å²) >= 11 is 0. The first-order valence-electron chi connectivity index (χ1n) is 10.2. The topological polar surface area (TPSA) is 80.2 Å². The van der Waals surface area contributed by atoms with Crippen molar-refractivity contribution in [1.82, 2.24) is 15.2 Å². The van der Waals surface area contributed by atoms with Gasteiger partial charge in [-0.3, -0.25) is 14.4 Å². The molecule has 6 heteroatoms. The number of pyridine rings is 1. The van der Waals surface area contributed by atoms with Gasteiger partial charge in [0.15, 0.2) is 0 Å². The van der Waals surface area contributed by atoms with Gasteiger partial charge in [0.1, 0.15) is 11.1 Å². The molecule has 1 fully saturated rings. The van der Waals surface area contributed by atoms with Crippen LogP contribution in [0.15, 0.2) is 17.2 Å². The summed E-state index contributed by atoms with van der Waals surface area (Å²) in [6, 6.07) is 0.211. The lowest BCUT2D eigenvalue weighted by Gasteiger charge is -2.18. The van der Waals surface area contributed by atoms with Crippen LogP contribution in [0.1, 0.15) is 93.0 Å². The second-order valence-corrected chi connectivity index (χ2v) is 8.02. The van der Waals surface area contributed by atoms with E-state index in [1.165, 1.54) is 0 Å². The van der Waals surface area contributed by atoms with E-state index in [2.05, 4.69) is 24.5 Å². The Kier molecular flexibility index (Phi) is 7.63. The molecule has 1 heterocycles. The summed E-state index contributed by atoms with van der Waals surface area (Å²) in [5.41, 5.74) is -0.381. The van der Waals surface area contributed by atoms with Crippen LogP contribution in [0, 0.1) is 5.92 Å². The highest BCUT2D eigenvalue weighted by atomic mass is 16.2. The summed E-state index contributed by atoms with van der Waals surface area (Å²) in [4.78, 5) is 38.1. The van der Waals surface area contributed by atoms with Crippen molar-refractivity contribution in [3.05, 3.63) is 33.7 Å². The Balaban J connectivity index is 2.34. The molecule has 27 heavy (non-hydrogen) atoms. The summed E-state index contributed by atoms with van der Waals surface area (Å²) in [6.45, 7) is 8.55. The zero-order valence-corrected chi connectivity index (χ0v) is 17.0. The molecule has 1 saturated carbocycles. The molecule has 0 aromatic carbocycles. The molecular weight excluding hydrogens is 342 g/mol. The molecule has 0 aliphatic heterocycles. The van der Waals surface area contributed by atoms with Gasteiger partial charge in [0, 0.05) is 31.0 Å². The molecule has 1 aromatic heterocycles. The molecule has 0 spiro atoms. The van der Waals surface area contributed by atoms with E-state index in [4.69, 9.17) is 0 Å². The van der Waals surface area contributed by atoms with E-state index in [1.54, 1.807) is 12.4 Å². The third-order valence-corrected chi connectivity index (χ3v) is 5.28. The molecule has 1 aliphatic rings. The van der Waals surface area contributed by atoms with E-state index in [0.29, 0.717) is 12.5 Å². The van der Waals surface area contributed by atoms with Crippen molar-refractivity contribution in [2.45, 2.75) is 78.3 Å². The maximum Gasteiger partial charge on any atom is 0.256 e. The van der Waals surface area contributed by atoms with Crippen molar-refractivity contribution in [2.75, 3.05) is 6.54 Å². The minimum Gasteiger partial charge on any atom is -0.352 e. The first-order chi connectivity index (χ1) is 12.8. The quantitative estimate of drug-likeness (QED) is 0.732. The number of hydrogen-bond acceptors (Lipinski definition) is 3. The van der Waals surface area contributed by atoms with E-state index >= 15 is 0 Å². The standard InChI is InChI=1S/C21H33N3O3/c1-5-15(4)23-21(27)18-13-24(16-8-6-7-9-16)12-17(19(18)25)20(26)22-11-10-14(2)3/h12-16H,5-11H2,1-4H3,(H,22,26)(H,23,27). The molecule has 150 valence electrons. The van der Waals surface area contributed by atoms with Crippen LogP contribution in [0.5, 0.6) is 0 Å². The van der Waals surface area contributed by atoms with Crippen molar-refractivity contribution in [1.29, 1.82) is 0 Å². The highest BCUT2D eigenvalue weighted by molar-refractivity contribution is 5.99. The number of amides is 2. The maximum atomic E-state index is 12.9. The smallest absolute Gasteiger partial charge is 0.256 e. The van der Waals surface area contributed by atoms with Crippen LogP contribution in [0.4, 0.5) is 0 Å². The number of nitrogens with zero attached hydrogens (tertiary/aromatic N) is 1. The largest absolute Gasteiger partial charge is 0.352 e. The molecule has 2 N–H and O–H groups in total. The molecule has 0 bridgehead atoms. The van der Waals surface area contributed by atoms with Crippen LogP contribution < -0.4 is 16.1 Å². The van der Waals surface area contributed by atoms with Gasteiger partial charge in [0.05, 0.1) is 0 Å². The Morgan fingerprint density at radius 3 is 2.26 bits per heavy atom. The molecule has 1 unspecified atom stereocenters. The van der Waals surface area contributed by atoms with Crippen molar-refractivity contribution < 1.29 is 9.59 Å². The van der Waals surface area contributed by atoms with Gasteiger partial charge >= 0.3 is 0 Å². The summed E-state index contributed by atoms with van der Waals surface area (Å²) < 4.78 is 1.90. The fourth-order valence-corrected chi connectivity index (χ4v) is 3.31. The summed E-state index contributed by atoms with van der Waals surface area (Å²) in [5, 5.41) is 5.67. The fourth-order valence-electron chi connectivity index (χ4n) is 3.31. The van der Waals surface area contributed by atoms with Gasteiger partial charge in [-0.2, -0.15) is 0 Å². The molecule has 1 aliphatic carbocycles. The van der Waals surface area contributed by atoms with Crippen LogP contribution in [-0.4, -0.2) is 29.0 Å². The Labute approximate surface area is 161 Å². The molecule has 2 rings (SSSR count). The van der Waals surface area contributed by atoms with Crippen LogP contribution in [0.25, 0.3) is 0 Å². The summed E-state index contributed by atoms with van der Waals surface area (Å²) in [5.74, 6) is -0.336. The second kappa shape index (κ2) is 9.72. The molecule has 2 amide bonds. The Morgan fingerprint density at radius 1 is 1.11 bits per heavy atom. The molecule has 0 radical (unpaired) electrons. The van der Waals surface area contributed by atoms with Gasteiger partial charge in [-0.05, 0) is 38.5 Å². The first kappa shape index (κ1) is 21.2. The van der Waals surface area contributed by atoms with E-state index in [-0.39, 0.29) is 23.2 Å². The van der Waals surface area contributed by atoms with E-state index in [9.17, 15) is 14.4 Å². The minimum atomic E-state index is -0.493. The fraction of sp³-hybridized carbons (Fsp3) is 0.667. The summed E-state index contributed by atoms with van der Waals surface area (Å²) in [6.07, 6.45) is 9.13. The van der Waals surface area contributed by atoms with Crippen molar-refractivity contribution in [3.63, 3.8) is 0 Å². The maximum absolute atomic E-state index is 12.9. The molecule has 1 atom stereocenters. The van der Waals surface area contributed by atoms with E-state index in [0.717, 1.165) is 38.5 Å². The van der Waals surface area contributed by atoms with Gasteiger partial charge in [-0.1, -0.05) is 33.6 Å². The number of rotatable bonds is 8. The average molecular weight is 376 g/mol. The Bertz CT molecular complexity index is 718. The normalized spacial score (nSPS) is 15.7. The lowest BCUT2D eigenvalue weighted by molar-refractivity contribution is 0.0937. The van der Waals surface area contributed by atoms with E-state index in [1.807, 2.05) is 18.4 Å². The van der Waals surface area contributed by atoms with E-state index < -0.39 is 17.2 Å². The van der Waals surface area contributed by atoms with Crippen LogP contribution in [0.2, 0.25) is 0 Å². The Hall–Kier alpha value is -2.11.